The molecule has 0 saturated heterocycles. The molecule has 0 amide bonds. The Labute approximate surface area is 101 Å². The van der Waals surface area contributed by atoms with Crippen molar-refractivity contribution >= 4 is 11.8 Å². The van der Waals surface area contributed by atoms with Gasteiger partial charge in [0.25, 0.3) is 0 Å². The van der Waals surface area contributed by atoms with E-state index in [0.29, 0.717) is 11.9 Å². The van der Waals surface area contributed by atoms with E-state index >= 15 is 0 Å². The minimum atomic E-state index is -0.497. The quantitative estimate of drug-likeness (QED) is 0.811. The van der Waals surface area contributed by atoms with E-state index in [1.165, 1.54) is 20.0 Å². The largest absolute Gasteiger partial charge is 0.463 e. The SMILES string of the molecule is COC(=O)c1nc(C)cc(NC2CCCC2)n1. The van der Waals surface area contributed by atoms with E-state index in [9.17, 15) is 4.79 Å². The first-order valence-electron chi connectivity index (χ1n) is 5.89. The fourth-order valence-electron chi connectivity index (χ4n) is 2.10. The van der Waals surface area contributed by atoms with Gasteiger partial charge in [0, 0.05) is 17.8 Å². The summed E-state index contributed by atoms with van der Waals surface area (Å²) in [5.74, 6) is 0.334. The number of nitrogens with one attached hydrogen (secondary N) is 1. The highest BCUT2D eigenvalue weighted by atomic mass is 16.5. The van der Waals surface area contributed by atoms with Gasteiger partial charge in [-0.05, 0) is 19.8 Å². The zero-order valence-corrected chi connectivity index (χ0v) is 10.2. The van der Waals surface area contributed by atoms with Crippen molar-refractivity contribution in [2.24, 2.45) is 0 Å². The van der Waals surface area contributed by atoms with Gasteiger partial charge in [0.1, 0.15) is 5.82 Å². The summed E-state index contributed by atoms with van der Waals surface area (Å²) in [6.07, 6.45) is 4.84. The molecule has 17 heavy (non-hydrogen) atoms. The highest BCUT2D eigenvalue weighted by molar-refractivity contribution is 5.85. The molecule has 1 heterocycles. The van der Waals surface area contributed by atoms with E-state index in [1.54, 1.807) is 0 Å². The second-order valence-corrected chi connectivity index (χ2v) is 4.34. The lowest BCUT2D eigenvalue weighted by Crippen LogP contribution is -2.18. The summed E-state index contributed by atoms with van der Waals surface area (Å²) in [5.41, 5.74) is 0.765. The maximum atomic E-state index is 11.4. The lowest BCUT2D eigenvalue weighted by Gasteiger charge is -2.13. The van der Waals surface area contributed by atoms with E-state index in [2.05, 4.69) is 20.0 Å². The van der Waals surface area contributed by atoms with Gasteiger partial charge < -0.3 is 10.1 Å². The van der Waals surface area contributed by atoms with Gasteiger partial charge in [-0.1, -0.05) is 12.8 Å². The number of esters is 1. The van der Waals surface area contributed by atoms with Crippen LogP contribution in [0.4, 0.5) is 5.82 Å². The van der Waals surface area contributed by atoms with Crippen LogP contribution in [0.25, 0.3) is 0 Å². The first-order valence-corrected chi connectivity index (χ1v) is 5.89. The summed E-state index contributed by atoms with van der Waals surface area (Å²) in [6, 6.07) is 2.32. The van der Waals surface area contributed by atoms with E-state index in [1.807, 2.05) is 13.0 Å². The van der Waals surface area contributed by atoms with Gasteiger partial charge in [-0.3, -0.25) is 0 Å². The second-order valence-electron chi connectivity index (χ2n) is 4.34. The second kappa shape index (κ2) is 5.12. The van der Waals surface area contributed by atoms with Crippen LogP contribution in [-0.2, 0) is 4.74 Å². The number of carbonyl (C=O) groups excluding carboxylic acids is 1. The van der Waals surface area contributed by atoms with Gasteiger partial charge in [0.05, 0.1) is 7.11 Å². The normalized spacial score (nSPS) is 15.9. The predicted octanol–water partition coefficient (Wildman–Crippen LogP) is 1.93. The Morgan fingerprint density at radius 2 is 2.12 bits per heavy atom. The van der Waals surface area contributed by atoms with Crippen molar-refractivity contribution in [2.75, 3.05) is 12.4 Å². The molecule has 0 radical (unpaired) electrons. The van der Waals surface area contributed by atoms with Crippen LogP contribution in [0.2, 0.25) is 0 Å². The van der Waals surface area contributed by atoms with Gasteiger partial charge in [-0.25, -0.2) is 14.8 Å². The first kappa shape index (κ1) is 11.8. The van der Waals surface area contributed by atoms with E-state index < -0.39 is 5.97 Å². The van der Waals surface area contributed by atoms with Crippen LogP contribution in [0.3, 0.4) is 0 Å². The van der Waals surface area contributed by atoms with E-state index in [0.717, 1.165) is 18.5 Å². The molecule has 1 saturated carbocycles. The maximum Gasteiger partial charge on any atom is 0.376 e. The Bertz CT molecular complexity index is 414. The number of hydrogen-bond acceptors (Lipinski definition) is 5. The number of ether oxygens (including phenoxy) is 1. The third kappa shape index (κ3) is 2.93. The van der Waals surface area contributed by atoms with Crippen LogP contribution < -0.4 is 5.32 Å². The van der Waals surface area contributed by atoms with Crippen molar-refractivity contribution in [1.82, 2.24) is 9.97 Å². The smallest absolute Gasteiger partial charge is 0.376 e. The third-order valence-corrected chi connectivity index (χ3v) is 2.93. The Hall–Kier alpha value is -1.65. The molecule has 0 aliphatic heterocycles. The van der Waals surface area contributed by atoms with Crippen molar-refractivity contribution in [3.05, 3.63) is 17.6 Å². The number of carbonyl (C=O) groups is 1. The van der Waals surface area contributed by atoms with Crippen LogP contribution in [0.15, 0.2) is 6.07 Å². The molecule has 92 valence electrons. The molecule has 1 N–H and O–H groups in total. The summed E-state index contributed by atoms with van der Waals surface area (Å²) >= 11 is 0. The number of aryl methyl sites for hydroxylation is 1. The molecule has 1 aliphatic rings. The van der Waals surface area contributed by atoms with Crippen molar-refractivity contribution in [2.45, 2.75) is 38.6 Å². The van der Waals surface area contributed by atoms with Gasteiger partial charge in [0.15, 0.2) is 0 Å². The van der Waals surface area contributed by atoms with E-state index in [4.69, 9.17) is 0 Å². The molecule has 1 aromatic rings. The number of aromatic nitrogens is 2. The number of rotatable bonds is 3. The zero-order valence-electron chi connectivity index (χ0n) is 10.2. The van der Waals surface area contributed by atoms with Crippen LogP contribution in [0.1, 0.15) is 42.0 Å². The monoisotopic (exact) mass is 235 g/mol. The Morgan fingerprint density at radius 1 is 1.41 bits per heavy atom. The zero-order chi connectivity index (χ0) is 12.3. The van der Waals surface area contributed by atoms with Gasteiger partial charge in [-0.2, -0.15) is 0 Å². The van der Waals surface area contributed by atoms with Crippen molar-refractivity contribution in [3.63, 3.8) is 0 Å². The molecule has 5 heteroatoms. The fourth-order valence-corrected chi connectivity index (χ4v) is 2.10. The summed E-state index contributed by atoms with van der Waals surface area (Å²) < 4.78 is 4.62. The summed E-state index contributed by atoms with van der Waals surface area (Å²) in [7, 11) is 1.33. The standard InChI is InChI=1S/C12H17N3O2/c1-8-7-10(14-9-5-3-4-6-9)15-11(13-8)12(16)17-2/h7,9H,3-6H2,1-2H3,(H,13,14,15). The van der Waals surface area contributed by atoms with E-state index in [-0.39, 0.29) is 5.82 Å². The highest BCUT2D eigenvalue weighted by Crippen LogP contribution is 2.21. The van der Waals surface area contributed by atoms with Crippen LogP contribution in [0, 0.1) is 6.92 Å². The molecule has 0 aromatic carbocycles. The number of methoxy groups -OCH3 is 1. The Kier molecular flexibility index (Phi) is 3.56. The minimum Gasteiger partial charge on any atom is -0.463 e. The fraction of sp³-hybridized carbons (Fsp3) is 0.583. The lowest BCUT2D eigenvalue weighted by molar-refractivity contribution is 0.0586. The molecule has 0 bridgehead atoms. The van der Waals surface area contributed by atoms with Gasteiger partial charge in [0.2, 0.25) is 5.82 Å². The minimum absolute atomic E-state index is 0.119. The molecule has 1 aliphatic carbocycles. The number of anilines is 1. The lowest BCUT2D eigenvalue weighted by atomic mass is 10.2. The van der Waals surface area contributed by atoms with Crippen molar-refractivity contribution in [1.29, 1.82) is 0 Å². The van der Waals surface area contributed by atoms with Crippen LogP contribution in [-0.4, -0.2) is 29.1 Å². The van der Waals surface area contributed by atoms with Crippen LogP contribution >= 0.6 is 0 Å². The molecule has 5 nitrogen and oxygen atoms in total. The first-order chi connectivity index (χ1) is 8.19. The maximum absolute atomic E-state index is 11.4. The highest BCUT2D eigenvalue weighted by Gasteiger charge is 2.17. The third-order valence-electron chi connectivity index (χ3n) is 2.93. The Balaban J connectivity index is 2.15. The topological polar surface area (TPSA) is 64.1 Å². The predicted molar refractivity (Wildman–Crippen MR) is 64.0 cm³/mol. The van der Waals surface area contributed by atoms with Gasteiger partial charge >= 0.3 is 5.97 Å². The summed E-state index contributed by atoms with van der Waals surface area (Å²) in [6.45, 7) is 1.84. The van der Waals surface area contributed by atoms with Gasteiger partial charge in [-0.15, -0.1) is 0 Å². The molecule has 1 aromatic heterocycles. The van der Waals surface area contributed by atoms with Crippen LogP contribution in [0.5, 0.6) is 0 Å². The van der Waals surface area contributed by atoms with Crippen molar-refractivity contribution < 1.29 is 9.53 Å². The molecule has 1 fully saturated rings. The molecule has 0 spiro atoms. The molecule has 0 atom stereocenters. The summed E-state index contributed by atoms with van der Waals surface area (Å²) in [4.78, 5) is 19.6. The average Bonchev–Trinajstić information content (AvgIpc) is 2.80. The average molecular weight is 235 g/mol. The molecule has 0 unspecified atom stereocenters. The molecular formula is C12H17N3O2. The number of nitrogens with zero attached hydrogens (tertiary/aromatic N) is 2. The van der Waals surface area contributed by atoms with Crippen molar-refractivity contribution in [3.8, 4) is 0 Å². The Morgan fingerprint density at radius 3 is 2.76 bits per heavy atom. The molecule has 2 rings (SSSR count). The number of hydrogen-bond donors (Lipinski definition) is 1. The summed E-state index contributed by atoms with van der Waals surface area (Å²) in [5, 5.41) is 3.34. The molecular weight excluding hydrogens is 218 g/mol.